The van der Waals surface area contributed by atoms with Gasteiger partial charge in [0.1, 0.15) is 0 Å². The molecular formula is C15H15N3O2S. The van der Waals surface area contributed by atoms with Gasteiger partial charge in [-0.3, -0.25) is 4.72 Å². The number of nitrogens with zero attached hydrogens (tertiary/aromatic N) is 1. The van der Waals surface area contributed by atoms with Crippen LogP contribution in [0.15, 0.2) is 48.5 Å². The fraction of sp³-hybridized carbons (Fsp3) is 0.133. The molecule has 2 rings (SSSR count). The Morgan fingerprint density at radius 1 is 1.05 bits per heavy atom. The van der Waals surface area contributed by atoms with Crippen LogP contribution in [0.1, 0.15) is 11.1 Å². The van der Waals surface area contributed by atoms with Crippen LogP contribution in [0.2, 0.25) is 0 Å². The Bertz CT molecular complexity index is 780. The summed E-state index contributed by atoms with van der Waals surface area (Å²) in [6.07, 6.45) is 1.11. The number of hydrogen-bond acceptors (Lipinski definition) is 4. The van der Waals surface area contributed by atoms with Crippen LogP contribution in [0.3, 0.4) is 0 Å². The number of para-hydroxylation sites is 2. The summed E-state index contributed by atoms with van der Waals surface area (Å²) in [4.78, 5) is 0. The average molecular weight is 301 g/mol. The normalized spacial score (nSPS) is 10.7. The lowest BCUT2D eigenvalue weighted by atomic mass is 10.1. The van der Waals surface area contributed by atoms with Crippen LogP contribution in [-0.4, -0.2) is 14.7 Å². The molecule has 0 bridgehead atoms. The highest BCUT2D eigenvalue weighted by Crippen LogP contribution is 2.23. The molecule has 108 valence electrons. The van der Waals surface area contributed by atoms with Gasteiger partial charge in [0.05, 0.1) is 29.3 Å². The number of benzene rings is 2. The molecule has 0 heterocycles. The van der Waals surface area contributed by atoms with Gasteiger partial charge in [-0.25, -0.2) is 8.42 Å². The van der Waals surface area contributed by atoms with Crippen molar-refractivity contribution in [3.8, 4) is 6.07 Å². The molecule has 0 saturated carbocycles. The first-order valence-electron chi connectivity index (χ1n) is 6.28. The van der Waals surface area contributed by atoms with Crippen molar-refractivity contribution in [3.05, 3.63) is 59.7 Å². The molecule has 6 heteroatoms. The molecule has 5 nitrogen and oxygen atoms in total. The van der Waals surface area contributed by atoms with E-state index >= 15 is 0 Å². The average Bonchev–Trinajstić information content (AvgIpc) is 2.45. The molecule has 0 atom stereocenters. The monoisotopic (exact) mass is 301 g/mol. The van der Waals surface area contributed by atoms with Crippen LogP contribution in [-0.2, 0) is 16.6 Å². The fourth-order valence-corrected chi connectivity index (χ4v) is 2.48. The third-order valence-corrected chi connectivity index (χ3v) is 3.42. The van der Waals surface area contributed by atoms with Crippen LogP contribution < -0.4 is 10.0 Å². The van der Waals surface area contributed by atoms with E-state index in [1.807, 2.05) is 18.2 Å². The van der Waals surface area contributed by atoms with E-state index in [2.05, 4.69) is 16.1 Å². The second-order valence-electron chi connectivity index (χ2n) is 4.54. The van der Waals surface area contributed by atoms with E-state index in [-0.39, 0.29) is 0 Å². The Morgan fingerprint density at radius 2 is 1.67 bits per heavy atom. The molecule has 0 aromatic heterocycles. The van der Waals surface area contributed by atoms with Crippen LogP contribution >= 0.6 is 0 Å². The second-order valence-corrected chi connectivity index (χ2v) is 6.29. The van der Waals surface area contributed by atoms with Crippen LogP contribution in [0, 0.1) is 11.3 Å². The van der Waals surface area contributed by atoms with Gasteiger partial charge in [0, 0.05) is 6.54 Å². The Morgan fingerprint density at radius 3 is 2.33 bits per heavy atom. The number of hydrogen-bond donors (Lipinski definition) is 2. The number of nitrogens with one attached hydrogen (secondary N) is 2. The first-order chi connectivity index (χ1) is 9.99. The van der Waals surface area contributed by atoms with Gasteiger partial charge in [-0.05, 0) is 23.8 Å². The van der Waals surface area contributed by atoms with E-state index < -0.39 is 10.0 Å². The summed E-state index contributed by atoms with van der Waals surface area (Å²) in [7, 11) is -3.34. The largest absolute Gasteiger partial charge is 0.379 e. The molecule has 2 N–H and O–H groups in total. The zero-order valence-corrected chi connectivity index (χ0v) is 12.3. The van der Waals surface area contributed by atoms with Crippen LogP contribution in [0.5, 0.6) is 0 Å². The maximum Gasteiger partial charge on any atom is 0.229 e. The van der Waals surface area contributed by atoms with E-state index in [4.69, 9.17) is 5.26 Å². The van der Waals surface area contributed by atoms with Crippen molar-refractivity contribution in [3.63, 3.8) is 0 Å². The summed E-state index contributed by atoms with van der Waals surface area (Å²) in [6.45, 7) is 0.437. The van der Waals surface area contributed by atoms with Gasteiger partial charge in [-0.1, -0.05) is 30.3 Å². The van der Waals surface area contributed by atoms with Gasteiger partial charge in [0.15, 0.2) is 0 Å². The lowest BCUT2D eigenvalue weighted by Crippen LogP contribution is -2.12. The minimum atomic E-state index is -3.34. The third-order valence-electron chi connectivity index (χ3n) is 2.83. The van der Waals surface area contributed by atoms with Crippen LogP contribution in [0.25, 0.3) is 0 Å². The molecule has 0 saturated heterocycles. The molecule has 0 radical (unpaired) electrons. The second kappa shape index (κ2) is 6.29. The smallest absolute Gasteiger partial charge is 0.229 e. The zero-order chi connectivity index (χ0) is 15.3. The van der Waals surface area contributed by atoms with Gasteiger partial charge >= 0.3 is 0 Å². The van der Waals surface area contributed by atoms with Gasteiger partial charge in [0.25, 0.3) is 0 Å². The molecule has 0 spiro atoms. The van der Waals surface area contributed by atoms with E-state index in [1.54, 1.807) is 30.3 Å². The van der Waals surface area contributed by atoms with Gasteiger partial charge in [0.2, 0.25) is 10.0 Å². The van der Waals surface area contributed by atoms with Crippen molar-refractivity contribution in [2.75, 3.05) is 16.3 Å². The van der Waals surface area contributed by atoms with E-state index in [9.17, 15) is 8.42 Å². The molecule has 0 aliphatic heterocycles. The summed E-state index contributed by atoms with van der Waals surface area (Å²) in [5, 5.41) is 12.2. The molecule has 0 fully saturated rings. The number of sulfonamides is 1. The standard InChI is InChI=1S/C15H15N3O2S/c1-21(19,20)18-15-9-5-4-8-14(15)17-11-13-7-3-2-6-12(13)10-16/h2-9,17-18H,11H2,1H3. The van der Waals surface area contributed by atoms with Crippen molar-refractivity contribution in [2.45, 2.75) is 6.54 Å². The molecular weight excluding hydrogens is 286 g/mol. The predicted molar refractivity (Wildman–Crippen MR) is 83.4 cm³/mol. The molecule has 0 amide bonds. The summed E-state index contributed by atoms with van der Waals surface area (Å²) in [6, 6.07) is 16.4. The number of anilines is 2. The maximum absolute atomic E-state index is 11.3. The highest BCUT2D eigenvalue weighted by Gasteiger charge is 2.07. The van der Waals surface area contributed by atoms with Crippen molar-refractivity contribution in [2.24, 2.45) is 0 Å². The third kappa shape index (κ3) is 4.23. The minimum Gasteiger partial charge on any atom is -0.379 e. The maximum atomic E-state index is 11.3. The van der Waals surface area contributed by atoms with E-state index in [0.29, 0.717) is 23.5 Å². The summed E-state index contributed by atoms with van der Waals surface area (Å²) in [5.74, 6) is 0. The van der Waals surface area contributed by atoms with Gasteiger partial charge < -0.3 is 5.32 Å². The Balaban J connectivity index is 2.19. The highest BCUT2D eigenvalue weighted by molar-refractivity contribution is 7.92. The predicted octanol–water partition coefficient (Wildman–Crippen LogP) is 2.54. The topological polar surface area (TPSA) is 82.0 Å². The summed E-state index contributed by atoms with van der Waals surface area (Å²) < 4.78 is 25.2. The fourth-order valence-electron chi connectivity index (χ4n) is 1.90. The Hall–Kier alpha value is -2.52. The lowest BCUT2D eigenvalue weighted by Gasteiger charge is -2.13. The highest BCUT2D eigenvalue weighted by atomic mass is 32.2. The van der Waals surface area contributed by atoms with Crippen molar-refractivity contribution >= 4 is 21.4 Å². The molecule has 0 aliphatic carbocycles. The van der Waals surface area contributed by atoms with Crippen LogP contribution in [0.4, 0.5) is 11.4 Å². The number of nitriles is 1. The Kier molecular flexibility index (Phi) is 4.45. The van der Waals surface area contributed by atoms with Gasteiger partial charge in [-0.2, -0.15) is 5.26 Å². The molecule has 21 heavy (non-hydrogen) atoms. The number of rotatable bonds is 5. The van der Waals surface area contributed by atoms with Crippen molar-refractivity contribution < 1.29 is 8.42 Å². The van der Waals surface area contributed by atoms with E-state index in [1.165, 1.54) is 0 Å². The molecule has 2 aromatic rings. The van der Waals surface area contributed by atoms with Gasteiger partial charge in [-0.15, -0.1) is 0 Å². The molecule has 0 unspecified atom stereocenters. The van der Waals surface area contributed by atoms with Crippen molar-refractivity contribution in [1.82, 2.24) is 0 Å². The summed E-state index contributed by atoms with van der Waals surface area (Å²) in [5.41, 5.74) is 2.60. The zero-order valence-electron chi connectivity index (χ0n) is 11.5. The summed E-state index contributed by atoms with van der Waals surface area (Å²) >= 11 is 0. The SMILES string of the molecule is CS(=O)(=O)Nc1ccccc1NCc1ccccc1C#N. The minimum absolute atomic E-state index is 0.437. The Labute approximate surface area is 124 Å². The molecule has 0 aliphatic rings. The van der Waals surface area contributed by atoms with E-state index in [0.717, 1.165) is 11.8 Å². The quantitative estimate of drug-likeness (QED) is 0.889. The lowest BCUT2D eigenvalue weighted by molar-refractivity contribution is 0.607. The molecule has 2 aromatic carbocycles. The first-order valence-corrected chi connectivity index (χ1v) is 8.17. The first kappa shape index (κ1) is 14.9. The van der Waals surface area contributed by atoms with Crippen molar-refractivity contribution in [1.29, 1.82) is 5.26 Å².